The first-order valence-electron chi connectivity index (χ1n) is 8.30. The first-order valence-corrected chi connectivity index (χ1v) is 9.74. The van der Waals surface area contributed by atoms with Crippen LogP contribution in [0.3, 0.4) is 0 Å². The minimum absolute atomic E-state index is 0.146. The fourth-order valence-electron chi connectivity index (χ4n) is 1.90. The first kappa shape index (κ1) is 32.2. The van der Waals surface area contributed by atoms with E-state index in [0.29, 0.717) is 6.42 Å². The molecule has 0 fully saturated rings. The van der Waals surface area contributed by atoms with Crippen molar-refractivity contribution in [2.45, 2.75) is 73.9 Å². The fraction of sp³-hybridized carbons (Fsp3) is 1.00. The lowest BCUT2D eigenvalue weighted by atomic mass is 9.91. The van der Waals surface area contributed by atoms with Gasteiger partial charge in [-0.2, -0.15) is 61.1 Å². The van der Waals surface area contributed by atoms with Gasteiger partial charge in [-0.05, 0) is 20.5 Å². The van der Waals surface area contributed by atoms with Crippen molar-refractivity contribution in [1.82, 2.24) is 5.32 Å². The maximum absolute atomic E-state index is 13.4. The lowest BCUT2D eigenvalue weighted by molar-refractivity contribution is -0.417. The largest absolute Gasteiger partial charge is 0.438 e. The Hall–Kier alpha value is -0.970. The van der Waals surface area contributed by atoms with Crippen LogP contribution in [0.15, 0.2) is 0 Å². The first-order chi connectivity index (χ1) is 13.5. The molecule has 190 valence electrons. The SMILES string of the molecule is CCCCCCC(F)(F)C(F)(F)C(F)(F)C(F)(F)C(F)(F)C(F)(F)S(=O)(=O)O.CNC. The number of hydrogen-bond acceptors (Lipinski definition) is 3. The summed E-state index contributed by atoms with van der Waals surface area (Å²) in [6.45, 7) is 1.53. The third-order valence-electron chi connectivity index (χ3n) is 3.68. The highest BCUT2D eigenvalue weighted by Crippen LogP contribution is 2.61. The summed E-state index contributed by atoms with van der Waals surface area (Å²) in [5, 5.41) is -4.65. The topological polar surface area (TPSA) is 66.4 Å². The van der Waals surface area contributed by atoms with Gasteiger partial charge in [-0.1, -0.05) is 26.2 Å². The Labute approximate surface area is 170 Å². The second-order valence-corrected chi connectivity index (χ2v) is 7.77. The third kappa shape index (κ3) is 5.89. The predicted molar refractivity (Wildman–Crippen MR) is 85.0 cm³/mol. The number of nitrogens with one attached hydrogen (secondary N) is 1. The molecule has 0 saturated carbocycles. The zero-order valence-electron chi connectivity index (χ0n) is 16.2. The molecule has 17 heteroatoms. The lowest BCUT2D eigenvalue weighted by Gasteiger charge is -2.40. The Bertz CT molecular complexity index is 667. The Kier molecular flexibility index (Phi) is 10.7. The van der Waals surface area contributed by atoms with Crippen molar-refractivity contribution in [2.75, 3.05) is 14.1 Å². The van der Waals surface area contributed by atoms with Gasteiger partial charge >= 0.3 is 45.0 Å². The molecule has 0 atom stereocenters. The summed E-state index contributed by atoms with van der Waals surface area (Å²) in [4.78, 5) is 0. The monoisotopic (exact) mass is 511 g/mol. The molecule has 0 spiro atoms. The molecule has 0 heterocycles. The van der Waals surface area contributed by atoms with Crippen LogP contribution < -0.4 is 5.32 Å². The average Bonchev–Trinajstić information content (AvgIpc) is 2.57. The number of rotatable bonds is 11. The van der Waals surface area contributed by atoms with Crippen LogP contribution in [0.25, 0.3) is 0 Å². The van der Waals surface area contributed by atoms with Crippen molar-refractivity contribution in [3.05, 3.63) is 0 Å². The second kappa shape index (κ2) is 10.3. The molecule has 0 aromatic heterocycles. The highest BCUT2D eigenvalue weighted by molar-refractivity contribution is 7.87. The van der Waals surface area contributed by atoms with Crippen molar-refractivity contribution >= 4 is 10.1 Å². The molecule has 0 aromatic carbocycles. The quantitative estimate of drug-likeness (QED) is 0.220. The molecule has 0 bridgehead atoms. The molecule has 2 N–H and O–H groups in total. The molecule has 0 aliphatic heterocycles. The summed E-state index contributed by atoms with van der Waals surface area (Å²) in [7, 11) is -3.78. The molecule has 0 aliphatic rings. The Morgan fingerprint density at radius 1 is 0.677 bits per heavy atom. The number of halogens is 12. The lowest BCUT2D eigenvalue weighted by Crippen LogP contribution is -2.71. The molecule has 0 aliphatic carbocycles. The van der Waals surface area contributed by atoms with Gasteiger partial charge in [0.2, 0.25) is 0 Å². The molecule has 0 rings (SSSR count). The van der Waals surface area contributed by atoms with Crippen LogP contribution in [0.1, 0.15) is 39.0 Å². The minimum Gasteiger partial charge on any atom is -0.323 e. The second-order valence-electron chi connectivity index (χ2n) is 6.30. The highest BCUT2D eigenvalue weighted by Gasteiger charge is 2.91. The van der Waals surface area contributed by atoms with Crippen LogP contribution in [-0.2, 0) is 10.1 Å². The average molecular weight is 511 g/mol. The summed E-state index contributed by atoms with van der Waals surface area (Å²) in [6.07, 6.45) is -2.84. The van der Waals surface area contributed by atoms with E-state index >= 15 is 0 Å². The molecule has 0 amide bonds. The zero-order chi connectivity index (χ0) is 25.7. The predicted octanol–water partition coefficient (Wildman–Crippen LogP) is 5.45. The van der Waals surface area contributed by atoms with Crippen LogP contribution in [-0.4, -0.2) is 61.9 Å². The maximum Gasteiger partial charge on any atom is 0.438 e. The summed E-state index contributed by atoms with van der Waals surface area (Å²) < 4.78 is 187. The standard InChI is InChI=1S/C12H14F12O3S.C2H7N/c1-2-3-4-5-6-7(13,14)8(15,16)9(17,18)10(19,20)11(21,22)12(23,24)28(25,26)27;1-3-2/h2-6H2,1H3,(H,25,26,27);3H,1-2H3. The van der Waals surface area contributed by atoms with Gasteiger partial charge in [0.05, 0.1) is 0 Å². The van der Waals surface area contributed by atoms with Gasteiger partial charge in [0, 0.05) is 6.42 Å². The van der Waals surface area contributed by atoms with E-state index in [4.69, 9.17) is 4.55 Å². The molecule has 31 heavy (non-hydrogen) atoms. The van der Waals surface area contributed by atoms with Gasteiger partial charge in [-0.3, -0.25) is 4.55 Å². The maximum atomic E-state index is 13.4. The molecule has 0 saturated heterocycles. The van der Waals surface area contributed by atoms with E-state index in [2.05, 4.69) is 5.32 Å². The van der Waals surface area contributed by atoms with Crippen LogP contribution >= 0.6 is 0 Å². The number of alkyl halides is 12. The summed E-state index contributed by atoms with van der Waals surface area (Å²) in [6, 6.07) is 0. The molecule has 0 unspecified atom stereocenters. The van der Waals surface area contributed by atoms with Crippen molar-refractivity contribution in [2.24, 2.45) is 0 Å². The van der Waals surface area contributed by atoms with Crippen LogP contribution in [0.4, 0.5) is 52.7 Å². The highest BCUT2D eigenvalue weighted by atomic mass is 32.2. The number of unbranched alkanes of at least 4 members (excludes halogenated alkanes) is 3. The molecular weight excluding hydrogens is 490 g/mol. The minimum atomic E-state index is -8.02. The Balaban J connectivity index is 0. The summed E-state index contributed by atoms with van der Waals surface area (Å²) >= 11 is 0. The molecule has 4 nitrogen and oxygen atoms in total. The number of hydrogen-bond donors (Lipinski definition) is 2. The molecule has 0 aromatic rings. The smallest absolute Gasteiger partial charge is 0.323 e. The van der Waals surface area contributed by atoms with Gasteiger partial charge in [0.1, 0.15) is 0 Å². The van der Waals surface area contributed by atoms with Crippen LogP contribution in [0.2, 0.25) is 0 Å². The van der Waals surface area contributed by atoms with E-state index in [-0.39, 0.29) is 12.8 Å². The summed E-state index contributed by atoms with van der Waals surface area (Å²) in [5.41, 5.74) is 0. The van der Waals surface area contributed by atoms with Gasteiger partial charge in [-0.25, -0.2) is 0 Å². The summed E-state index contributed by atoms with van der Waals surface area (Å²) in [5.74, 6) is -37.1. The van der Waals surface area contributed by atoms with Crippen LogP contribution in [0, 0.1) is 0 Å². The van der Waals surface area contributed by atoms with E-state index < -0.39 is 57.8 Å². The third-order valence-corrected chi connectivity index (χ3v) is 4.58. The van der Waals surface area contributed by atoms with Gasteiger partial charge in [0.15, 0.2) is 0 Å². The Morgan fingerprint density at radius 2 is 1.03 bits per heavy atom. The fourth-order valence-corrected chi connectivity index (χ4v) is 2.35. The van der Waals surface area contributed by atoms with E-state index in [9.17, 15) is 61.1 Å². The van der Waals surface area contributed by atoms with Gasteiger partial charge < -0.3 is 5.32 Å². The van der Waals surface area contributed by atoms with E-state index in [1.54, 1.807) is 0 Å². The van der Waals surface area contributed by atoms with E-state index in [1.165, 1.54) is 6.92 Å². The van der Waals surface area contributed by atoms with E-state index in [0.717, 1.165) is 0 Å². The van der Waals surface area contributed by atoms with E-state index in [1.807, 2.05) is 14.1 Å². The zero-order valence-corrected chi connectivity index (χ0v) is 17.1. The molecular formula is C14H21F12NO3S. The van der Waals surface area contributed by atoms with Gasteiger partial charge in [-0.15, -0.1) is 0 Å². The van der Waals surface area contributed by atoms with Crippen molar-refractivity contribution in [1.29, 1.82) is 0 Å². The molecule has 0 radical (unpaired) electrons. The van der Waals surface area contributed by atoms with Gasteiger partial charge in [0.25, 0.3) is 0 Å². The normalized spacial score (nSPS) is 14.8. The van der Waals surface area contributed by atoms with Crippen molar-refractivity contribution < 1.29 is 65.7 Å². The van der Waals surface area contributed by atoms with Crippen LogP contribution in [0.5, 0.6) is 0 Å². The van der Waals surface area contributed by atoms with Crippen molar-refractivity contribution in [3.8, 4) is 0 Å². The Morgan fingerprint density at radius 3 is 1.35 bits per heavy atom. The van der Waals surface area contributed by atoms with Crippen molar-refractivity contribution in [3.63, 3.8) is 0 Å².